The summed E-state index contributed by atoms with van der Waals surface area (Å²) in [6.45, 7) is 0.348. The predicted octanol–water partition coefficient (Wildman–Crippen LogP) is 2.10. The second-order valence-electron chi connectivity index (χ2n) is 7.25. The molecule has 1 N–H and O–H groups in total. The lowest BCUT2D eigenvalue weighted by molar-refractivity contribution is -0.133. The van der Waals surface area contributed by atoms with Crippen molar-refractivity contribution in [1.29, 1.82) is 0 Å². The summed E-state index contributed by atoms with van der Waals surface area (Å²) in [6.07, 6.45) is 0.368. The summed E-state index contributed by atoms with van der Waals surface area (Å²) < 4.78 is 39.9. The maximum Gasteiger partial charge on any atom is 0.325 e. The number of imide groups is 1. The third-order valence-corrected chi connectivity index (χ3v) is 7.37. The van der Waals surface area contributed by atoms with Crippen molar-refractivity contribution in [2.24, 2.45) is 0 Å². The molecule has 0 atom stereocenters. The Balaban J connectivity index is 1.48. The molecule has 7 nitrogen and oxygen atoms in total. The summed E-state index contributed by atoms with van der Waals surface area (Å²) in [5, 5.41) is 2.77. The highest BCUT2D eigenvalue weighted by atomic mass is 32.2. The Morgan fingerprint density at radius 1 is 0.966 bits per heavy atom. The van der Waals surface area contributed by atoms with Crippen LogP contribution >= 0.6 is 0 Å². The normalized spacial score (nSPS) is 19.6. The van der Waals surface area contributed by atoms with Gasteiger partial charge in [-0.1, -0.05) is 30.3 Å². The molecule has 0 radical (unpaired) electrons. The quantitative estimate of drug-likeness (QED) is 0.772. The van der Waals surface area contributed by atoms with Gasteiger partial charge in [-0.05, 0) is 42.7 Å². The Morgan fingerprint density at radius 2 is 1.59 bits per heavy atom. The van der Waals surface area contributed by atoms with Crippen molar-refractivity contribution in [3.05, 3.63) is 66.0 Å². The van der Waals surface area contributed by atoms with Crippen LogP contribution in [0.4, 0.5) is 9.18 Å². The number of benzene rings is 2. The summed E-state index contributed by atoms with van der Waals surface area (Å²) in [7, 11) is -3.79. The van der Waals surface area contributed by atoms with E-state index >= 15 is 0 Å². The zero-order valence-corrected chi connectivity index (χ0v) is 16.4. The van der Waals surface area contributed by atoms with E-state index in [1.165, 1.54) is 21.3 Å². The van der Waals surface area contributed by atoms with Crippen LogP contribution in [-0.2, 0) is 21.4 Å². The Morgan fingerprint density at radius 3 is 2.21 bits per heavy atom. The molecule has 2 saturated heterocycles. The first-order chi connectivity index (χ1) is 13.8. The minimum absolute atomic E-state index is 0.00216. The average Bonchev–Trinajstić information content (AvgIpc) is 2.93. The molecule has 3 amide bonds. The van der Waals surface area contributed by atoms with E-state index in [-0.39, 0.29) is 43.3 Å². The van der Waals surface area contributed by atoms with E-state index in [2.05, 4.69) is 5.32 Å². The van der Waals surface area contributed by atoms with Crippen LogP contribution in [0.3, 0.4) is 0 Å². The molecule has 2 aromatic rings. The number of nitrogens with one attached hydrogen (secondary N) is 1. The molecule has 0 saturated carbocycles. The van der Waals surface area contributed by atoms with Crippen LogP contribution in [0.1, 0.15) is 18.4 Å². The molecule has 152 valence electrons. The number of carbonyl (C=O) groups is 2. The van der Waals surface area contributed by atoms with E-state index in [4.69, 9.17) is 0 Å². The van der Waals surface area contributed by atoms with Gasteiger partial charge in [0.2, 0.25) is 10.0 Å². The number of nitrogens with zero attached hydrogens (tertiary/aromatic N) is 2. The third kappa shape index (κ3) is 3.51. The molecule has 9 heteroatoms. The molecule has 2 fully saturated rings. The monoisotopic (exact) mass is 417 g/mol. The Bertz CT molecular complexity index is 1030. The van der Waals surface area contributed by atoms with Gasteiger partial charge in [-0.15, -0.1) is 0 Å². The van der Waals surface area contributed by atoms with Gasteiger partial charge in [0, 0.05) is 13.1 Å². The summed E-state index contributed by atoms with van der Waals surface area (Å²) in [4.78, 5) is 26.6. The van der Waals surface area contributed by atoms with Crippen LogP contribution in [0.5, 0.6) is 0 Å². The minimum Gasteiger partial charge on any atom is -0.323 e. The van der Waals surface area contributed by atoms with Gasteiger partial charge in [0.05, 0.1) is 11.4 Å². The van der Waals surface area contributed by atoms with E-state index in [1.807, 2.05) is 30.3 Å². The van der Waals surface area contributed by atoms with Gasteiger partial charge >= 0.3 is 6.03 Å². The smallest absolute Gasteiger partial charge is 0.323 e. The zero-order chi connectivity index (χ0) is 20.6. The Kier molecular flexibility index (Phi) is 4.87. The number of halogens is 1. The fourth-order valence-electron chi connectivity index (χ4n) is 3.79. The van der Waals surface area contributed by atoms with Gasteiger partial charge in [-0.25, -0.2) is 17.6 Å². The number of amides is 3. The summed E-state index contributed by atoms with van der Waals surface area (Å²) >= 11 is 0. The molecule has 0 unspecified atom stereocenters. The summed E-state index contributed by atoms with van der Waals surface area (Å²) in [5.74, 6) is -0.843. The zero-order valence-electron chi connectivity index (χ0n) is 15.5. The SMILES string of the molecule is O=C1NC2(CCN(S(=O)(=O)c3ccc(F)cc3)CC2)C(=O)N1Cc1ccccc1. The molecular weight excluding hydrogens is 397 g/mol. The highest BCUT2D eigenvalue weighted by molar-refractivity contribution is 7.89. The minimum atomic E-state index is -3.79. The van der Waals surface area contributed by atoms with Crippen molar-refractivity contribution in [1.82, 2.24) is 14.5 Å². The molecule has 2 aliphatic rings. The van der Waals surface area contributed by atoms with E-state index < -0.39 is 27.4 Å². The first kappa shape index (κ1) is 19.5. The topological polar surface area (TPSA) is 86.8 Å². The molecule has 0 aromatic heterocycles. The average molecular weight is 417 g/mol. The Labute approximate surface area is 168 Å². The van der Waals surface area contributed by atoms with E-state index in [1.54, 1.807) is 0 Å². The van der Waals surface area contributed by atoms with Gasteiger partial charge in [-0.3, -0.25) is 9.69 Å². The molecule has 4 rings (SSSR count). The molecule has 0 bridgehead atoms. The predicted molar refractivity (Wildman–Crippen MR) is 103 cm³/mol. The maximum absolute atomic E-state index is 13.1. The largest absolute Gasteiger partial charge is 0.325 e. The molecule has 0 aliphatic carbocycles. The first-order valence-electron chi connectivity index (χ1n) is 9.26. The number of urea groups is 1. The second-order valence-corrected chi connectivity index (χ2v) is 9.19. The first-order valence-corrected chi connectivity index (χ1v) is 10.7. The lowest BCUT2D eigenvalue weighted by Gasteiger charge is -2.36. The molecular formula is C20H20FN3O4S. The van der Waals surface area contributed by atoms with Crippen LogP contribution in [0.2, 0.25) is 0 Å². The standard InChI is InChI=1S/C20H20FN3O4S/c21-16-6-8-17(9-7-16)29(27,28)23-12-10-20(11-13-23)18(25)24(19(26)22-20)14-15-4-2-1-3-5-15/h1-9H,10-14H2,(H,22,26). The van der Waals surface area contributed by atoms with Crippen molar-refractivity contribution in [3.8, 4) is 0 Å². The van der Waals surface area contributed by atoms with Crippen molar-refractivity contribution < 1.29 is 22.4 Å². The van der Waals surface area contributed by atoms with E-state index in [0.29, 0.717) is 0 Å². The van der Waals surface area contributed by atoms with Crippen molar-refractivity contribution in [2.45, 2.75) is 29.8 Å². The van der Waals surface area contributed by atoms with Crippen LogP contribution in [0.25, 0.3) is 0 Å². The van der Waals surface area contributed by atoms with Gasteiger partial charge in [0.25, 0.3) is 5.91 Å². The number of hydrogen-bond donors (Lipinski definition) is 1. The van der Waals surface area contributed by atoms with Gasteiger partial charge in [0.15, 0.2) is 0 Å². The van der Waals surface area contributed by atoms with Crippen molar-refractivity contribution in [2.75, 3.05) is 13.1 Å². The molecule has 1 spiro atoms. The van der Waals surface area contributed by atoms with Gasteiger partial charge in [0.1, 0.15) is 11.4 Å². The number of rotatable bonds is 4. The molecule has 2 heterocycles. The molecule has 2 aromatic carbocycles. The molecule has 2 aliphatic heterocycles. The lowest BCUT2D eigenvalue weighted by Crippen LogP contribution is -2.55. The van der Waals surface area contributed by atoms with Crippen LogP contribution in [0.15, 0.2) is 59.5 Å². The highest BCUT2D eigenvalue weighted by Crippen LogP contribution is 2.32. The maximum atomic E-state index is 13.1. The Hall–Kier alpha value is -2.78. The van der Waals surface area contributed by atoms with Crippen molar-refractivity contribution >= 4 is 22.0 Å². The van der Waals surface area contributed by atoms with Gasteiger partial charge in [-0.2, -0.15) is 4.31 Å². The fraction of sp³-hybridized carbons (Fsp3) is 0.300. The number of sulfonamides is 1. The fourth-order valence-corrected chi connectivity index (χ4v) is 5.23. The number of piperidine rings is 1. The second kappa shape index (κ2) is 7.23. The van der Waals surface area contributed by atoms with Crippen molar-refractivity contribution in [3.63, 3.8) is 0 Å². The van der Waals surface area contributed by atoms with Crippen LogP contribution in [-0.4, -0.2) is 48.2 Å². The van der Waals surface area contributed by atoms with E-state index in [0.717, 1.165) is 17.7 Å². The van der Waals surface area contributed by atoms with E-state index in [9.17, 15) is 22.4 Å². The summed E-state index contributed by atoms with van der Waals surface area (Å²) in [5.41, 5.74) is -0.245. The summed E-state index contributed by atoms with van der Waals surface area (Å²) in [6, 6.07) is 13.4. The van der Waals surface area contributed by atoms with Gasteiger partial charge < -0.3 is 5.32 Å². The van der Waals surface area contributed by atoms with Crippen LogP contribution < -0.4 is 5.32 Å². The lowest BCUT2D eigenvalue weighted by atomic mass is 9.88. The molecule has 29 heavy (non-hydrogen) atoms. The highest BCUT2D eigenvalue weighted by Gasteiger charge is 2.53. The third-order valence-electron chi connectivity index (χ3n) is 5.46. The number of carbonyl (C=O) groups excluding carboxylic acids is 2. The van der Waals surface area contributed by atoms with Crippen LogP contribution in [0, 0.1) is 5.82 Å². The number of hydrogen-bond acceptors (Lipinski definition) is 4.